The molecule has 6 rings (SSSR count). The standard InChI is InChI=1S/C25H20FN7O3/c26-18-4-1-3-16-19(6-10-36-22(16)18)33-24-21(31(25(33)35)7-2-9-34)14-28-23(30-24)17-13-29-32-8-5-15(12-27)11-20(17)32/h1,3-5,8,11,13-14,19,34H,2,6-7,9-10H2. The van der Waals surface area contributed by atoms with Gasteiger partial charge in [-0.3, -0.25) is 9.13 Å². The minimum atomic E-state index is -0.494. The van der Waals surface area contributed by atoms with E-state index in [2.05, 4.69) is 16.2 Å². The zero-order valence-electron chi connectivity index (χ0n) is 19.0. The normalized spacial score (nSPS) is 15.1. The Hall–Kier alpha value is -4.56. The van der Waals surface area contributed by atoms with Crippen LogP contribution in [0.25, 0.3) is 28.1 Å². The van der Waals surface area contributed by atoms with Gasteiger partial charge in [-0.15, -0.1) is 0 Å². The van der Waals surface area contributed by atoms with E-state index in [1.165, 1.54) is 10.6 Å². The van der Waals surface area contributed by atoms with Crippen LogP contribution >= 0.6 is 0 Å². The number of nitrogens with zero attached hydrogens (tertiary/aromatic N) is 7. The molecule has 180 valence electrons. The Morgan fingerprint density at radius 2 is 2.14 bits per heavy atom. The summed E-state index contributed by atoms with van der Waals surface area (Å²) in [5.41, 5.74) is 2.88. The first-order valence-corrected chi connectivity index (χ1v) is 11.5. The number of aliphatic hydroxyl groups excluding tert-OH is 1. The SMILES string of the molecule is N#Cc1ccn2ncc(-c3ncc4c(n3)n(C3CCOc5c(F)cccc53)c(=O)n4CCCO)c2c1. The summed E-state index contributed by atoms with van der Waals surface area (Å²) in [5.74, 6) is -0.00532. The van der Waals surface area contributed by atoms with Crippen LogP contribution in [-0.4, -0.2) is 47.0 Å². The molecule has 0 amide bonds. The van der Waals surface area contributed by atoms with Gasteiger partial charge in [0.1, 0.15) is 5.52 Å². The number of aryl methyl sites for hydroxylation is 1. The van der Waals surface area contributed by atoms with Crippen molar-refractivity contribution in [2.24, 2.45) is 0 Å². The largest absolute Gasteiger partial charge is 0.490 e. The average Bonchev–Trinajstić information content (AvgIpc) is 3.44. The van der Waals surface area contributed by atoms with Gasteiger partial charge in [-0.1, -0.05) is 12.1 Å². The van der Waals surface area contributed by atoms with Crippen molar-refractivity contribution in [3.05, 3.63) is 76.4 Å². The molecule has 1 aromatic carbocycles. The number of hydrogen-bond acceptors (Lipinski definition) is 7. The first-order valence-electron chi connectivity index (χ1n) is 11.5. The van der Waals surface area contributed by atoms with Gasteiger partial charge in [0.25, 0.3) is 0 Å². The van der Waals surface area contributed by atoms with E-state index in [4.69, 9.17) is 9.72 Å². The van der Waals surface area contributed by atoms with E-state index < -0.39 is 11.9 Å². The predicted molar refractivity (Wildman–Crippen MR) is 127 cm³/mol. The molecule has 1 unspecified atom stereocenters. The van der Waals surface area contributed by atoms with Gasteiger partial charge in [-0.05, 0) is 24.6 Å². The molecule has 4 aromatic heterocycles. The van der Waals surface area contributed by atoms with Gasteiger partial charge in [0.2, 0.25) is 0 Å². The summed E-state index contributed by atoms with van der Waals surface area (Å²) in [6.07, 6.45) is 5.71. The maximum Gasteiger partial charge on any atom is 0.330 e. The number of pyridine rings is 1. The fourth-order valence-corrected chi connectivity index (χ4v) is 4.77. The van der Waals surface area contributed by atoms with Gasteiger partial charge in [-0.2, -0.15) is 10.4 Å². The molecule has 0 radical (unpaired) electrons. The number of halogens is 1. The number of hydrogen-bond donors (Lipinski definition) is 1. The molecule has 1 atom stereocenters. The van der Waals surface area contributed by atoms with E-state index >= 15 is 0 Å². The maximum absolute atomic E-state index is 14.5. The van der Waals surface area contributed by atoms with Crippen LogP contribution in [-0.2, 0) is 6.54 Å². The fraction of sp³-hybridized carbons (Fsp3) is 0.240. The summed E-state index contributed by atoms with van der Waals surface area (Å²) in [4.78, 5) is 23.0. The fourth-order valence-electron chi connectivity index (χ4n) is 4.77. The second-order valence-corrected chi connectivity index (χ2v) is 8.51. The molecule has 0 spiro atoms. The number of fused-ring (bicyclic) bond motifs is 3. The smallest absolute Gasteiger partial charge is 0.330 e. The Labute approximate surface area is 203 Å². The molecule has 1 aliphatic rings. The Kier molecular flexibility index (Phi) is 5.23. The average molecular weight is 485 g/mol. The van der Waals surface area contributed by atoms with E-state index in [1.54, 1.807) is 51.9 Å². The predicted octanol–water partition coefficient (Wildman–Crippen LogP) is 2.67. The highest BCUT2D eigenvalue weighted by atomic mass is 19.1. The molecule has 0 fully saturated rings. The molecular weight excluding hydrogens is 465 g/mol. The quantitative estimate of drug-likeness (QED) is 0.406. The van der Waals surface area contributed by atoms with E-state index in [1.807, 2.05) is 0 Å². The summed E-state index contributed by atoms with van der Waals surface area (Å²) in [7, 11) is 0. The van der Waals surface area contributed by atoms with Gasteiger partial charge >= 0.3 is 5.69 Å². The van der Waals surface area contributed by atoms with Crippen molar-refractivity contribution in [1.82, 2.24) is 28.7 Å². The molecule has 1 N–H and O–H groups in total. The molecule has 5 aromatic rings. The van der Waals surface area contributed by atoms with Crippen molar-refractivity contribution >= 4 is 16.7 Å². The van der Waals surface area contributed by atoms with E-state index in [9.17, 15) is 19.6 Å². The molecular formula is C25H20FN7O3. The van der Waals surface area contributed by atoms with Crippen LogP contribution in [0.15, 0.2) is 53.7 Å². The van der Waals surface area contributed by atoms with Crippen LogP contribution in [0.2, 0.25) is 0 Å². The van der Waals surface area contributed by atoms with Gasteiger partial charge in [-0.25, -0.2) is 23.7 Å². The molecule has 36 heavy (non-hydrogen) atoms. The van der Waals surface area contributed by atoms with Gasteiger partial charge in [0, 0.05) is 31.3 Å². The lowest BCUT2D eigenvalue weighted by molar-refractivity contribution is 0.243. The van der Waals surface area contributed by atoms with Crippen LogP contribution in [0, 0.1) is 17.1 Å². The zero-order chi connectivity index (χ0) is 24.8. The lowest BCUT2D eigenvalue weighted by atomic mass is 10.00. The molecule has 11 heteroatoms. The van der Waals surface area contributed by atoms with E-state index in [0.29, 0.717) is 52.0 Å². The molecule has 0 saturated carbocycles. The van der Waals surface area contributed by atoms with Gasteiger partial charge < -0.3 is 9.84 Å². The molecule has 1 aliphatic heterocycles. The van der Waals surface area contributed by atoms with E-state index in [-0.39, 0.29) is 31.2 Å². The summed E-state index contributed by atoms with van der Waals surface area (Å²) in [5, 5.41) is 23.0. The van der Waals surface area contributed by atoms with Crippen LogP contribution < -0.4 is 10.4 Å². The number of ether oxygens (including phenoxy) is 1. The van der Waals surface area contributed by atoms with E-state index in [0.717, 1.165) is 0 Å². The highest BCUT2D eigenvalue weighted by Gasteiger charge is 2.30. The highest BCUT2D eigenvalue weighted by molar-refractivity contribution is 5.80. The summed E-state index contributed by atoms with van der Waals surface area (Å²) in [6.45, 7) is 0.452. The topological polar surface area (TPSA) is 123 Å². The molecule has 5 heterocycles. The van der Waals surface area contributed by atoms with Gasteiger partial charge in [0.15, 0.2) is 23.0 Å². The molecule has 10 nitrogen and oxygen atoms in total. The first kappa shape index (κ1) is 21.9. The number of aliphatic hydroxyl groups is 1. The highest BCUT2D eigenvalue weighted by Crippen LogP contribution is 2.37. The third-order valence-corrected chi connectivity index (χ3v) is 6.44. The number of imidazole rings is 1. The van der Waals surface area contributed by atoms with Crippen LogP contribution in [0.4, 0.5) is 4.39 Å². The third-order valence-electron chi connectivity index (χ3n) is 6.44. The van der Waals surface area contributed by atoms with Crippen molar-refractivity contribution in [3.63, 3.8) is 0 Å². The summed E-state index contributed by atoms with van der Waals surface area (Å²) < 4.78 is 24.8. The minimum Gasteiger partial charge on any atom is -0.490 e. The number of nitriles is 1. The number of aromatic nitrogens is 6. The Morgan fingerprint density at radius 1 is 1.25 bits per heavy atom. The van der Waals surface area contributed by atoms with Crippen molar-refractivity contribution in [2.75, 3.05) is 13.2 Å². The van der Waals surface area contributed by atoms with Crippen LogP contribution in [0.5, 0.6) is 5.75 Å². The number of rotatable bonds is 5. The zero-order valence-corrected chi connectivity index (χ0v) is 19.0. The Bertz CT molecular complexity index is 1730. The lowest BCUT2D eigenvalue weighted by Crippen LogP contribution is -2.31. The summed E-state index contributed by atoms with van der Waals surface area (Å²) in [6, 6.07) is 9.67. The Morgan fingerprint density at radius 3 is 2.97 bits per heavy atom. The third kappa shape index (κ3) is 3.34. The summed E-state index contributed by atoms with van der Waals surface area (Å²) >= 11 is 0. The minimum absolute atomic E-state index is 0.0764. The monoisotopic (exact) mass is 485 g/mol. The van der Waals surface area contributed by atoms with Crippen molar-refractivity contribution in [1.29, 1.82) is 5.26 Å². The Balaban J connectivity index is 1.59. The molecule has 0 bridgehead atoms. The number of benzene rings is 1. The molecule has 0 aliphatic carbocycles. The second-order valence-electron chi connectivity index (χ2n) is 8.51. The maximum atomic E-state index is 14.5. The van der Waals surface area contributed by atoms with Gasteiger partial charge in [0.05, 0.1) is 47.8 Å². The van der Waals surface area contributed by atoms with Crippen LogP contribution in [0.3, 0.4) is 0 Å². The lowest BCUT2D eigenvalue weighted by Gasteiger charge is -2.26. The van der Waals surface area contributed by atoms with Crippen molar-refractivity contribution in [3.8, 4) is 23.2 Å². The van der Waals surface area contributed by atoms with Crippen LogP contribution in [0.1, 0.15) is 30.0 Å². The second kappa shape index (κ2) is 8.58. The van der Waals surface area contributed by atoms with Crippen molar-refractivity contribution < 1.29 is 14.2 Å². The van der Waals surface area contributed by atoms with Crippen molar-refractivity contribution in [2.45, 2.75) is 25.4 Å². The molecule has 0 saturated heterocycles. The first-order chi connectivity index (χ1) is 17.6. The number of para-hydroxylation sites is 1.